The van der Waals surface area contributed by atoms with Gasteiger partial charge < -0.3 is 4.90 Å². The Hall–Kier alpha value is -0.900. The van der Waals surface area contributed by atoms with Gasteiger partial charge >= 0.3 is 0 Å². The molecule has 1 saturated heterocycles. The van der Waals surface area contributed by atoms with Crippen molar-refractivity contribution in [3.8, 4) is 0 Å². The zero-order valence-electron chi connectivity index (χ0n) is 10.5. The van der Waals surface area contributed by atoms with Gasteiger partial charge in [-0.05, 0) is 43.4 Å². The molecule has 18 heavy (non-hydrogen) atoms. The fourth-order valence-electron chi connectivity index (χ4n) is 2.30. The summed E-state index contributed by atoms with van der Waals surface area (Å²) in [5.41, 5.74) is 0.174. The number of nitrogens with zero attached hydrogens (tertiary/aromatic N) is 1. The molecule has 98 valence electrons. The highest BCUT2D eigenvalue weighted by molar-refractivity contribution is 9.10. The van der Waals surface area contributed by atoms with Crippen molar-refractivity contribution < 1.29 is 9.18 Å². The summed E-state index contributed by atoms with van der Waals surface area (Å²) < 4.78 is 14.4. The summed E-state index contributed by atoms with van der Waals surface area (Å²) in [6.45, 7) is 3.67. The third-order valence-corrected chi connectivity index (χ3v) is 3.96. The molecule has 0 aromatic heterocycles. The second-order valence-electron chi connectivity index (χ2n) is 4.95. The van der Waals surface area contributed by atoms with Crippen molar-refractivity contribution in [3.05, 3.63) is 34.1 Å². The van der Waals surface area contributed by atoms with Gasteiger partial charge in [-0.25, -0.2) is 4.39 Å². The lowest BCUT2D eigenvalue weighted by atomic mass is 10.0. The average molecular weight is 314 g/mol. The van der Waals surface area contributed by atoms with Crippen LogP contribution in [-0.2, 0) is 0 Å². The molecule has 0 spiro atoms. The summed E-state index contributed by atoms with van der Waals surface area (Å²) >= 11 is 3.20. The van der Waals surface area contributed by atoms with E-state index in [0.717, 1.165) is 32.4 Å². The van der Waals surface area contributed by atoms with Crippen LogP contribution in [0, 0.1) is 11.7 Å². The highest BCUT2D eigenvalue weighted by atomic mass is 79.9. The average Bonchev–Trinajstić information content (AvgIpc) is 2.53. The van der Waals surface area contributed by atoms with Gasteiger partial charge in [0.15, 0.2) is 0 Å². The zero-order valence-corrected chi connectivity index (χ0v) is 12.0. The Labute approximate surface area is 115 Å². The van der Waals surface area contributed by atoms with E-state index in [4.69, 9.17) is 0 Å². The minimum atomic E-state index is -0.452. The first-order valence-electron chi connectivity index (χ1n) is 6.32. The highest BCUT2D eigenvalue weighted by Crippen LogP contribution is 2.21. The predicted octanol–water partition coefficient (Wildman–Crippen LogP) is 3.85. The molecule has 0 saturated carbocycles. The number of amides is 1. The van der Waals surface area contributed by atoms with Crippen LogP contribution in [0.4, 0.5) is 4.39 Å². The number of rotatable bonds is 1. The second kappa shape index (κ2) is 5.83. The molecule has 1 heterocycles. The van der Waals surface area contributed by atoms with E-state index in [1.165, 1.54) is 6.07 Å². The molecule has 1 amide bonds. The van der Waals surface area contributed by atoms with Gasteiger partial charge in [-0.15, -0.1) is 0 Å². The van der Waals surface area contributed by atoms with Crippen LogP contribution in [0.1, 0.15) is 36.5 Å². The molecule has 1 aliphatic rings. The first-order valence-corrected chi connectivity index (χ1v) is 7.11. The smallest absolute Gasteiger partial charge is 0.256 e. The maximum atomic E-state index is 13.8. The maximum absolute atomic E-state index is 13.8. The summed E-state index contributed by atoms with van der Waals surface area (Å²) in [5.74, 6) is 0.0123. The lowest BCUT2D eigenvalue weighted by Gasteiger charge is -2.20. The molecule has 1 aromatic rings. The second-order valence-corrected chi connectivity index (χ2v) is 5.87. The predicted molar refractivity (Wildman–Crippen MR) is 73.0 cm³/mol. The van der Waals surface area contributed by atoms with Gasteiger partial charge in [-0.1, -0.05) is 22.9 Å². The van der Waals surface area contributed by atoms with Crippen molar-refractivity contribution in [2.24, 2.45) is 5.92 Å². The van der Waals surface area contributed by atoms with Crippen LogP contribution in [0.3, 0.4) is 0 Å². The summed E-state index contributed by atoms with van der Waals surface area (Å²) in [6, 6.07) is 4.60. The third kappa shape index (κ3) is 3.10. The largest absolute Gasteiger partial charge is 0.339 e. The number of hydrogen-bond acceptors (Lipinski definition) is 1. The monoisotopic (exact) mass is 313 g/mol. The van der Waals surface area contributed by atoms with Crippen molar-refractivity contribution in [2.75, 3.05) is 13.1 Å². The van der Waals surface area contributed by atoms with Crippen LogP contribution >= 0.6 is 15.9 Å². The summed E-state index contributed by atoms with van der Waals surface area (Å²) in [7, 11) is 0. The SMILES string of the molecule is CC1CCCN(C(=O)c2ccc(Br)cc2F)CC1. The van der Waals surface area contributed by atoms with Crippen molar-refractivity contribution in [1.29, 1.82) is 0 Å². The molecular weight excluding hydrogens is 297 g/mol. The van der Waals surface area contributed by atoms with Crippen LogP contribution < -0.4 is 0 Å². The van der Waals surface area contributed by atoms with Crippen molar-refractivity contribution in [3.63, 3.8) is 0 Å². The molecule has 0 N–H and O–H groups in total. The number of hydrogen-bond donors (Lipinski definition) is 0. The standard InChI is InChI=1S/C14H17BrFNO/c1-10-3-2-7-17(8-6-10)14(18)12-5-4-11(15)9-13(12)16/h4-5,9-10H,2-3,6-8H2,1H3. The molecule has 0 bridgehead atoms. The Morgan fingerprint density at radius 3 is 2.89 bits per heavy atom. The first-order chi connectivity index (χ1) is 8.58. The minimum Gasteiger partial charge on any atom is -0.339 e. The molecule has 2 nitrogen and oxygen atoms in total. The molecule has 1 unspecified atom stereocenters. The summed E-state index contributed by atoms with van der Waals surface area (Å²) in [6.07, 6.45) is 3.15. The Bertz CT molecular complexity index is 449. The van der Waals surface area contributed by atoms with Gasteiger partial charge in [0.05, 0.1) is 5.56 Å². The number of benzene rings is 1. The van der Waals surface area contributed by atoms with Crippen LogP contribution in [0.15, 0.2) is 22.7 Å². The van der Waals surface area contributed by atoms with Crippen molar-refractivity contribution in [2.45, 2.75) is 26.2 Å². The highest BCUT2D eigenvalue weighted by Gasteiger charge is 2.21. The molecule has 2 rings (SSSR count). The molecule has 0 radical (unpaired) electrons. The van der Waals surface area contributed by atoms with Gasteiger partial charge in [-0.2, -0.15) is 0 Å². The maximum Gasteiger partial charge on any atom is 0.256 e. The van der Waals surface area contributed by atoms with E-state index in [-0.39, 0.29) is 11.5 Å². The number of carbonyl (C=O) groups is 1. The summed E-state index contributed by atoms with van der Waals surface area (Å²) in [4.78, 5) is 14.0. The fourth-order valence-corrected chi connectivity index (χ4v) is 2.63. The molecule has 0 aliphatic carbocycles. The Balaban J connectivity index is 2.15. The number of carbonyl (C=O) groups excluding carboxylic acids is 1. The quantitative estimate of drug-likeness (QED) is 0.771. The molecule has 4 heteroatoms. The van der Waals surface area contributed by atoms with E-state index in [1.807, 2.05) is 0 Å². The van der Waals surface area contributed by atoms with Gasteiger partial charge in [0.2, 0.25) is 0 Å². The van der Waals surface area contributed by atoms with Gasteiger partial charge in [-0.3, -0.25) is 4.79 Å². The fraction of sp³-hybridized carbons (Fsp3) is 0.500. The lowest BCUT2D eigenvalue weighted by Crippen LogP contribution is -2.32. The van der Waals surface area contributed by atoms with Crippen molar-refractivity contribution >= 4 is 21.8 Å². The van der Waals surface area contributed by atoms with Crippen molar-refractivity contribution in [1.82, 2.24) is 4.90 Å². The molecule has 1 aliphatic heterocycles. The number of likely N-dealkylation sites (tertiary alicyclic amines) is 1. The van der Waals surface area contributed by atoms with E-state index in [1.54, 1.807) is 17.0 Å². The normalized spacial score (nSPS) is 20.6. The molecule has 1 atom stereocenters. The van der Waals surface area contributed by atoms with E-state index in [0.29, 0.717) is 10.4 Å². The zero-order chi connectivity index (χ0) is 13.1. The van der Waals surface area contributed by atoms with E-state index in [2.05, 4.69) is 22.9 Å². The lowest BCUT2D eigenvalue weighted by molar-refractivity contribution is 0.0755. The third-order valence-electron chi connectivity index (χ3n) is 3.47. The van der Waals surface area contributed by atoms with E-state index < -0.39 is 5.82 Å². The van der Waals surface area contributed by atoms with Gasteiger partial charge in [0, 0.05) is 17.6 Å². The van der Waals surface area contributed by atoms with E-state index >= 15 is 0 Å². The Morgan fingerprint density at radius 2 is 2.17 bits per heavy atom. The number of halogens is 2. The molecular formula is C14H17BrFNO. The van der Waals surface area contributed by atoms with Crippen LogP contribution in [-0.4, -0.2) is 23.9 Å². The van der Waals surface area contributed by atoms with Gasteiger partial charge in [0.1, 0.15) is 5.82 Å². The topological polar surface area (TPSA) is 20.3 Å². The van der Waals surface area contributed by atoms with E-state index in [9.17, 15) is 9.18 Å². The first kappa shape index (κ1) is 13.5. The van der Waals surface area contributed by atoms with Gasteiger partial charge in [0.25, 0.3) is 5.91 Å². The Kier molecular flexibility index (Phi) is 4.38. The Morgan fingerprint density at radius 1 is 1.39 bits per heavy atom. The van der Waals surface area contributed by atoms with Crippen LogP contribution in [0.2, 0.25) is 0 Å². The summed E-state index contributed by atoms with van der Waals surface area (Å²) in [5, 5.41) is 0. The molecule has 1 fully saturated rings. The van der Waals surface area contributed by atoms with Crippen LogP contribution in [0.5, 0.6) is 0 Å². The minimum absolute atomic E-state index is 0.174. The van der Waals surface area contributed by atoms with Crippen LogP contribution in [0.25, 0.3) is 0 Å². The molecule has 1 aromatic carbocycles.